The minimum absolute atomic E-state index is 0.0408. The number of hydrogen-bond acceptors (Lipinski definition) is 4. The number of amides is 1. The molecule has 1 saturated heterocycles. The zero-order valence-electron chi connectivity index (χ0n) is 23.0. The number of anilines is 1. The Hall–Kier alpha value is -4.04. The van der Waals surface area contributed by atoms with Crippen molar-refractivity contribution in [2.24, 2.45) is 0 Å². The lowest BCUT2D eigenvalue weighted by molar-refractivity contribution is -0.116. The van der Waals surface area contributed by atoms with Gasteiger partial charge >= 0.3 is 0 Å². The van der Waals surface area contributed by atoms with E-state index in [1.807, 2.05) is 62.5 Å². The van der Waals surface area contributed by atoms with Crippen LogP contribution >= 0.6 is 12.2 Å². The maximum atomic E-state index is 13.0. The summed E-state index contributed by atoms with van der Waals surface area (Å²) in [7, 11) is 0. The van der Waals surface area contributed by atoms with Gasteiger partial charge in [0.05, 0.1) is 17.8 Å². The van der Waals surface area contributed by atoms with Crippen molar-refractivity contribution in [2.45, 2.75) is 53.1 Å². The molecule has 2 N–H and O–H groups in total. The van der Waals surface area contributed by atoms with E-state index in [-0.39, 0.29) is 18.0 Å². The number of nitrogens with one attached hydrogen (secondary N) is 2. The van der Waals surface area contributed by atoms with Crippen molar-refractivity contribution in [3.8, 4) is 5.82 Å². The molecule has 0 bridgehead atoms. The second-order valence-electron chi connectivity index (χ2n) is 10.3. The van der Waals surface area contributed by atoms with E-state index in [0.717, 1.165) is 50.8 Å². The summed E-state index contributed by atoms with van der Waals surface area (Å²) in [6.07, 6.45) is 3.95. The summed E-state index contributed by atoms with van der Waals surface area (Å²) in [5.41, 5.74) is 8.37. The Morgan fingerprint density at radius 3 is 2.51 bits per heavy atom. The summed E-state index contributed by atoms with van der Waals surface area (Å²) in [5.74, 6) is 0.847. The molecule has 4 aromatic rings. The Kier molecular flexibility index (Phi) is 7.48. The molecule has 1 aliphatic rings. The van der Waals surface area contributed by atoms with Crippen molar-refractivity contribution in [2.75, 3.05) is 11.9 Å². The molecule has 0 saturated carbocycles. The molecule has 0 spiro atoms. The van der Waals surface area contributed by atoms with Crippen LogP contribution in [-0.4, -0.2) is 37.0 Å². The van der Waals surface area contributed by atoms with E-state index in [1.165, 1.54) is 0 Å². The summed E-state index contributed by atoms with van der Waals surface area (Å²) in [6.45, 7) is 10.8. The van der Waals surface area contributed by atoms with Crippen molar-refractivity contribution in [3.05, 3.63) is 106 Å². The molecule has 0 radical (unpaired) electrons. The van der Waals surface area contributed by atoms with Gasteiger partial charge in [-0.3, -0.25) is 9.78 Å². The van der Waals surface area contributed by atoms with Gasteiger partial charge in [0.25, 0.3) is 0 Å². The van der Waals surface area contributed by atoms with E-state index < -0.39 is 0 Å². The SMILES string of the molecule is Cc1ccnc(-n2c(C)cc([C@H]3[C@H](c4ccccn4)NC(=S)N3CCC(=O)Nc3cc(C)ccc3C)c2C)c1. The van der Waals surface area contributed by atoms with Crippen LogP contribution < -0.4 is 10.6 Å². The molecule has 0 aliphatic carbocycles. The third-order valence-corrected chi connectivity index (χ3v) is 7.72. The molecule has 0 unspecified atom stereocenters. The molecule has 2 atom stereocenters. The predicted molar refractivity (Wildman–Crippen MR) is 159 cm³/mol. The molecule has 200 valence electrons. The van der Waals surface area contributed by atoms with Crippen LogP contribution in [0.1, 0.15) is 57.8 Å². The largest absolute Gasteiger partial charge is 0.352 e. The van der Waals surface area contributed by atoms with Crippen LogP contribution in [0.2, 0.25) is 0 Å². The lowest BCUT2D eigenvalue weighted by Gasteiger charge is -2.28. The smallest absolute Gasteiger partial charge is 0.226 e. The highest BCUT2D eigenvalue weighted by molar-refractivity contribution is 7.80. The van der Waals surface area contributed by atoms with Gasteiger partial charge in [0, 0.05) is 42.4 Å². The fraction of sp³-hybridized carbons (Fsp3) is 0.290. The van der Waals surface area contributed by atoms with Crippen molar-refractivity contribution in [1.29, 1.82) is 0 Å². The number of benzene rings is 1. The first-order valence-corrected chi connectivity index (χ1v) is 13.6. The Balaban J connectivity index is 1.47. The number of aromatic nitrogens is 3. The second-order valence-corrected chi connectivity index (χ2v) is 10.7. The third kappa shape index (κ3) is 5.43. The monoisotopic (exact) mass is 538 g/mol. The maximum Gasteiger partial charge on any atom is 0.226 e. The summed E-state index contributed by atoms with van der Waals surface area (Å²) in [6, 6.07) is 18.0. The van der Waals surface area contributed by atoms with Crippen molar-refractivity contribution in [3.63, 3.8) is 0 Å². The molecule has 5 rings (SSSR count). The van der Waals surface area contributed by atoms with E-state index in [4.69, 9.17) is 12.2 Å². The lowest BCUT2D eigenvalue weighted by Crippen LogP contribution is -2.33. The molecule has 1 fully saturated rings. The number of aryl methyl sites for hydroxylation is 4. The van der Waals surface area contributed by atoms with Gasteiger partial charge in [-0.1, -0.05) is 18.2 Å². The maximum absolute atomic E-state index is 13.0. The third-order valence-electron chi connectivity index (χ3n) is 7.36. The molecule has 8 heteroatoms. The number of pyridine rings is 2. The Morgan fingerprint density at radius 2 is 1.77 bits per heavy atom. The van der Waals surface area contributed by atoms with Gasteiger partial charge in [0.1, 0.15) is 5.82 Å². The van der Waals surface area contributed by atoms with Crippen LogP contribution in [0.3, 0.4) is 0 Å². The number of hydrogen-bond donors (Lipinski definition) is 2. The number of nitrogens with zero attached hydrogens (tertiary/aromatic N) is 4. The van der Waals surface area contributed by atoms with E-state index in [1.54, 1.807) is 6.20 Å². The van der Waals surface area contributed by atoms with Gasteiger partial charge in [-0.25, -0.2) is 4.98 Å². The minimum atomic E-state index is -0.153. The molecule has 4 heterocycles. The molecule has 1 amide bonds. The first-order valence-electron chi connectivity index (χ1n) is 13.2. The highest BCUT2D eigenvalue weighted by Crippen LogP contribution is 2.41. The number of carbonyl (C=O) groups is 1. The van der Waals surface area contributed by atoms with E-state index in [0.29, 0.717) is 18.1 Å². The van der Waals surface area contributed by atoms with Gasteiger partial charge < -0.3 is 20.1 Å². The quantitative estimate of drug-likeness (QED) is 0.289. The molecular weight excluding hydrogens is 504 g/mol. The average molecular weight is 539 g/mol. The van der Waals surface area contributed by atoms with Gasteiger partial charge in [-0.05, 0) is 105 Å². The van der Waals surface area contributed by atoms with E-state index >= 15 is 0 Å². The Morgan fingerprint density at radius 1 is 0.974 bits per heavy atom. The standard InChI is InChI=1S/C31H34N6OS/c1-19-9-10-21(3)26(16-19)34-28(38)12-15-36-30(29(35-31(36)39)25-8-6-7-13-32-25)24-18-22(4)37(23(24)5)27-17-20(2)11-14-33-27/h6-11,13-14,16-18,29-30H,12,15H2,1-5H3,(H,34,38)(H,35,39)/t29-,30-/m0/s1. The molecule has 39 heavy (non-hydrogen) atoms. The normalized spacial score (nSPS) is 16.8. The first kappa shape index (κ1) is 26.6. The van der Waals surface area contributed by atoms with Gasteiger partial charge in [0.2, 0.25) is 5.91 Å². The van der Waals surface area contributed by atoms with Crippen LogP contribution in [0.5, 0.6) is 0 Å². The summed E-state index contributed by atoms with van der Waals surface area (Å²) < 4.78 is 2.19. The molecule has 3 aromatic heterocycles. The van der Waals surface area contributed by atoms with Gasteiger partial charge in [-0.2, -0.15) is 0 Å². The van der Waals surface area contributed by atoms with E-state index in [2.05, 4.69) is 63.0 Å². The first-order chi connectivity index (χ1) is 18.7. The van der Waals surface area contributed by atoms with Crippen molar-refractivity contribution in [1.82, 2.24) is 24.8 Å². The van der Waals surface area contributed by atoms with Gasteiger partial charge in [0.15, 0.2) is 5.11 Å². The summed E-state index contributed by atoms with van der Waals surface area (Å²) >= 11 is 5.84. The molecule has 7 nitrogen and oxygen atoms in total. The Bertz CT molecular complexity index is 1530. The predicted octanol–water partition coefficient (Wildman–Crippen LogP) is 5.81. The van der Waals surface area contributed by atoms with E-state index in [9.17, 15) is 4.79 Å². The zero-order valence-corrected chi connectivity index (χ0v) is 23.8. The van der Waals surface area contributed by atoms with Crippen LogP contribution in [0.25, 0.3) is 5.82 Å². The van der Waals surface area contributed by atoms with Gasteiger partial charge in [-0.15, -0.1) is 0 Å². The number of thiocarbonyl (C=S) groups is 1. The topological polar surface area (TPSA) is 75.1 Å². The number of carbonyl (C=O) groups excluding carboxylic acids is 1. The lowest BCUT2D eigenvalue weighted by atomic mass is 9.96. The average Bonchev–Trinajstić information content (AvgIpc) is 3.39. The summed E-state index contributed by atoms with van der Waals surface area (Å²) in [5, 5.41) is 7.21. The Labute approximate surface area is 235 Å². The fourth-order valence-electron chi connectivity index (χ4n) is 5.37. The summed E-state index contributed by atoms with van der Waals surface area (Å²) in [4.78, 5) is 24.5. The van der Waals surface area contributed by atoms with Crippen molar-refractivity contribution >= 4 is 28.9 Å². The highest BCUT2D eigenvalue weighted by atomic mass is 32.1. The molecular formula is C31H34N6OS. The fourth-order valence-corrected chi connectivity index (χ4v) is 5.70. The second kappa shape index (κ2) is 11.0. The van der Waals surface area contributed by atoms with Crippen LogP contribution in [-0.2, 0) is 4.79 Å². The minimum Gasteiger partial charge on any atom is -0.352 e. The molecule has 1 aliphatic heterocycles. The molecule has 1 aromatic carbocycles. The van der Waals surface area contributed by atoms with Crippen LogP contribution in [0.4, 0.5) is 5.69 Å². The zero-order chi connectivity index (χ0) is 27.7. The van der Waals surface area contributed by atoms with Crippen LogP contribution in [0, 0.1) is 34.6 Å². The highest BCUT2D eigenvalue weighted by Gasteiger charge is 2.41. The van der Waals surface area contributed by atoms with Crippen molar-refractivity contribution < 1.29 is 4.79 Å². The van der Waals surface area contributed by atoms with Crippen LogP contribution in [0.15, 0.2) is 67.0 Å². The number of rotatable bonds is 7.